The average Bonchev–Trinajstić information content (AvgIpc) is 2.92. The van der Waals surface area contributed by atoms with E-state index in [2.05, 4.69) is 14.9 Å². The number of carbonyl (C=O) groups excluding carboxylic acids is 1. The van der Waals surface area contributed by atoms with Gasteiger partial charge in [-0.3, -0.25) is 0 Å². The van der Waals surface area contributed by atoms with Gasteiger partial charge >= 0.3 is 12.1 Å². The zero-order chi connectivity index (χ0) is 18.2. The molecule has 1 saturated heterocycles. The van der Waals surface area contributed by atoms with Crippen molar-refractivity contribution in [2.45, 2.75) is 25.1 Å². The molecule has 0 spiro atoms. The molecule has 136 valence electrons. The highest BCUT2D eigenvalue weighted by Crippen LogP contribution is 2.29. The van der Waals surface area contributed by atoms with Gasteiger partial charge in [-0.2, -0.15) is 13.2 Å². The number of alkyl halides is 3. The molecule has 0 N–H and O–H groups in total. The van der Waals surface area contributed by atoms with Crippen LogP contribution < -0.4 is 9.74 Å². The largest absolute Gasteiger partial charge is 0.493 e. The Labute approximate surface area is 145 Å². The lowest BCUT2D eigenvalue weighted by Gasteiger charge is -2.31. The Morgan fingerprint density at radius 3 is 2.64 bits per heavy atom. The van der Waals surface area contributed by atoms with Crippen LogP contribution in [0, 0.1) is 0 Å². The molecule has 11 heteroatoms. The third-order valence-corrected chi connectivity index (χ3v) is 4.16. The van der Waals surface area contributed by atoms with Gasteiger partial charge in [0.1, 0.15) is 10.7 Å². The number of hydrogen-bond acceptors (Lipinski definition) is 6. The summed E-state index contributed by atoms with van der Waals surface area (Å²) >= 11 is 5.80. The summed E-state index contributed by atoms with van der Waals surface area (Å²) in [5, 5.41) is 4.50. The first-order valence-electron chi connectivity index (χ1n) is 7.41. The van der Waals surface area contributed by atoms with Crippen molar-refractivity contribution in [1.29, 1.82) is 0 Å². The summed E-state index contributed by atoms with van der Waals surface area (Å²) in [6, 6.07) is 1.29. The minimum Gasteiger partial charge on any atom is -0.381 e. The van der Waals surface area contributed by atoms with Gasteiger partial charge in [-0.15, -0.1) is 5.10 Å². The van der Waals surface area contributed by atoms with E-state index in [1.54, 1.807) is 7.11 Å². The lowest BCUT2D eigenvalue weighted by Crippen LogP contribution is -2.37. The van der Waals surface area contributed by atoms with Crippen molar-refractivity contribution in [2.24, 2.45) is 0 Å². The number of aromatic nitrogens is 3. The smallest absolute Gasteiger partial charge is 0.381 e. The summed E-state index contributed by atoms with van der Waals surface area (Å²) in [7, 11) is 1.63. The van der Waals surface area contributed by atoms with E-state index in [1.165, 1.54) is 12.3 Å². The fourth-order valence-corrected chi connectivity index (χ4v) is 2.83. The van der Waals surface area contributed by atoms with E-state index in [-0.39, 0.29) is 16.8 Å². The molecule has 1 aliphatic rings. The van der Waals surface area contributed by atoms with E-state index in [4.69, 9.17) is 16.3 Å². The number of pyridine rings is 1. The van der Waals surface area contributed by atoms with Crippen LogP contribution >= 0.6 is 11.6 Å². The normalized spacial score (nSPS) is 16.4. The SMILES string of the molecule is COC1CCN(c2nn(OC(=O)C(F)(F)F)c3cc(Cl)ncc23)CC1. The number of anilines is 1. The molecule has 2 aromatic heterocycles. The first-order chi connectivity index (χ1) is 11.8. The Bertz CT molecular complexity index is 787. The number of methoxy groups -OCH3 is 1. The highest BCUT2D eigenvalue weighted by Gasteiger charge is 2.42. The molecule has 0 aliphatic carbocycles. The number of nitrogens with zero attached hydrogens (tertiary/aromatic N) is 4. The number of carbonyl (C=O) groups is 1. The molecule has 25 heavy (non-hydrogen) atoms. The van der Waals surface area contributed by atoms with Gasteiger partial charge in [-0.05, 0) is 12.8 Å². The average molecular weight is 379 g/mol. The fraction of sp³-hybridized carbons (Fsp3) is 0.500. The second kappa shape index (κ2) is 6.68. The molecule has 0 saturated carbocycles. The van der Waals surface area contributed by atoms with Gasteiger partial charge < -0.3 is 14.5 Å². The van der Waals surface area contributed by atoms with Crippen molar-refractivity contribution in [2.75, 3.05) is 25.1 Å². The van der Waals surface area contributed by atoms with Gasteiger partial charge in [0.2, 0.25) is 0 Å². The molecule has 7 nitrogen and oxygen atoms in total. The monoisotopic (exact) mass is 378 g/mol. The van der Waals surface area contributed by atoms with Crippen LogP contribution in [0.5, 0.6) is 0 Å². The summed E-state index contributed by atoms with van der Waals surface area (Å²) < 4.78 is 42.7. The zero-order valence-corrected chi connectivity index (χ0v) is 13.8. The van der Waals surface area contributed by atoms with Crippen LogP contribution in [-0.4, -0.2) is 53.4 Å². The fourth-order valence-electron chi connectivity index (χ4n) is 2.68. The minimum atomic E-state index is -5.13. The van der Waals surface area contributed by atoms with Crippen molar-refractivity contribution < 1.29 is 27.5 Å². The lowest BCUT2D eigenvalue weighted by atomic mass is 10.1. The van der Waals surface area contributed by atoms with Crippen LogP contribution in [0.2, 0.25) is 5.15 Å². The molecule has 3 heterocycles. The van der Waals surface area contributed by atoms with E-state index >= 15 is 0 Å². The number of ether oxygens (including phenoxy) is 1. The Morgan fingerprint density at radius 1 is 1.36 bits per heavy atom. The summed E-state index contributed by atoms with van der Waals surface area (Å²) in [6.45, 7) is 1.20. The molecule has 0 amide bonds. The molecule has 0 atom stereocenters. The molecule has 1 fully saturated rings. The van der Waals surface area contributed by atoms with Crippen LogP contribution in [0.4, 0.5) is 19.0 Å². The van der Waals surface area contributed by atoms with Gasteiger partial charge in [-0.1, -0.05) is 16.4 Å². The van der Waals surface area contributed by atoms with Gasteiger partial charge in [0.25, 0.3) is 0 Å². The Balaban J connectivity index is 1.96. The van der Waals surface area contributed by atoms with E-state index in [1.807, 2.05) is 4.90 Å². The third-order valence-electron chi connectivity index (χ3n) is 3.96. The Hall–Kier alpha value is -2.07. The standard InChI is InChI=1S/C14H14ClF3N4O3/c1-24-8-2-4-21(5-3-8)12-9-7-19-11(15)6-10(9)22(20-12)25-13(23)14(16,17)18/h6-8H,2-5H2,1H3. The molecule has 0 unspecified atom stereocenters. The highest BCUT2D eigenvalue weighted by atomic mass is 35.5. The summed E-state index contributed by atoms with van der Waals surface area (Å²) in [4.78, 5) is 21.9. The number of rotatable bonds is 3. The van der Waals surface area contributed by atoms with Crippen molar-refractivity contribution in [3.8, 4) is 0 Å². The van der Waals surface area contributed by atoms with Crippen molar-refractivity contribution >= 4 is 34.3 Å². The predicted molar refractivity (Wildman–Crippen MR) is 82.4 cm³/mol. The van der Waals surface area contributed by atoms with E-state index in [9.17, 15) is 18.0 Å². The Kier molecular flexibility index (Phi) is 4.74. The summed E-state index contributed by atoms with van der Waals surface area (Å²) in [5.41, 5.74) is 0.126. The van der Waals surface area contributed by atoms with E-state index < -0.39 is 12.1 Å². The van der Waals surface area contributed by atoms with Crippen molar-refractivity contribution in [1.82, 2.24) is 14.9 Å². The van der Waals surface area contributed by atoms with Gasteiger partial charge in [0, 0.05) is 32.5 Å². The molecule has 2 aromatic rings. The van der Waals surface area contributed by atoms with E-state index in [0.29, 0.717) is 29.1 Å². The van der Waals surface area contributed by atoms with E-state index in [0.717, 1.165) is 12.8 Å². The number of hydrogen-bond donors (Lipinski definition) is 0. The molecule has 0 radical (unpaired) electrons. The molecule has 0 bridgehead atoms. The van der Waals surface area contributed by atoms with Gasteiger partial charge in [0.05, 0.1) is 11.5 Å². The quantitative estimate of drug-likeness (QED) is 0.763. The van der Waals surface area contributed by atoms with Gasteiger partial charge in [0.15, 0.2) is 5.82 Å². The second-order valence-corrected chi connectivity index (χ2v) is 5.91. The van der Waals surface area contributed by atoms with Crippen LogP contribution in [0.3, 0.4) is 0 Å². The van der Waals surface area contributed by atoms with Crippen molar-refractivity contribution in [3.05, 3.63) is 17.4 Å². The first-order valence-corrected chi connectivity index (χ1v) is 7.79. The third kappa shape index (κ3) is 3.64. The summed E-state index contributed by atoms with van der Waals surface area (Å²) in [5.74, 6) is -1.99. The predicted octanol–water partition coefficient (Wildman–Crippen LogP) is 2.22. The first kappa shape index (κ1) is 17.7. The maximum Gasteiger partial charge on any atom is 0.493 e. The zero-order valence-electron chi connectivity index (χ0n) is 13.1. The minimum absolute atomic E-state index is 0.0429. The van der Waals surface area contributed by atoms with Crippen molar-refractivity contribution in [3.63, 3.8) is 0 Å². The Morgan fingerprint density at radius 2 is 2.04 bits per heavy atom. The maximum atomic E-state index is 12.5. The molecular weight excluding hydrogens is 365 g/mol. The molecule has 1 aliphatic heterocycles. The topological polar surface area (TPSA) is 69.5 Å². The maximum absolute atomic E-state index is 12.5. The van der Waals surface area contributed by atoms with Crippen LogP contribution in [0.15, 0.2) is 12.3 Å². The lowest BCUT2D eigenvalue weighted by molar-refractivity contribution is -0.200. The molecule has 0 aromatic carbocycles. The molecular formula is C14H14ClF3N4O3. The summed E-state index contributed by atoms with van der Waals surface area (Å²) in [6.07, 6.45) is -2.13. The second-order valence-electron chi connectivity index (χ2n) is 5.52. The van der Waals surface area contributed by atoms with Gasteiger partial charge in [-0.25, -0.2) is 9.78 Å². The number of halogens is 4. The van der Waals surface area contributed by atoms with Crippen LogP contribution in [0.1, 0.15) is 12.8 Å². The molecule has 3 rings (SSSR count). The van der Waals surface area contributed by atoms with Crippen LogP contribution in [0.25, 0.3) is 10.9 Å². The van der Waals surface area contributed by atoms with Crippen LogP contribution in [-0.2, 0) is 9.53 Å². The number of fused-ring (bicyclic) bond motifs is 1. The highest BCUT2D eigenvalue weighted by molar-refractivity contribution is 6.30. The number of piperidine rings is 1.